The van der Waals surface area contributed by atoms with E-state index in [9.17, 15) is 9.59 Å². The van der Waals surface area contributed by atoms with Gasteiger partial charge in [-0.2, -0.15) is 5.10 Å². The minimum absolute atomic E-state index is 0.00336. The van der Waals surface area contributed by atoms with Gasteiger partial charge >= 0.3 is 0 Å². The van der Waals surface area contributed by atoms with Gasteiger partial charge in [0.1, 0.15) is 6.54 Å². The Morgan fingerprint density at radius 1 is 1.30 bits per heavy atom. The van der Waals surface area contributed by atoms with Crippen LogP contribution in [0.15, 0.2) is 35.3 Å². The number of fused-ring (bicyclic) bond motifs is 1. The molecule has 0 radical (unpaired) electrons. The van der Waals surface area contributed by atoms with Gasteiger partial charge < -0.3 is 4.90 Å². The number of likely N-dealkylation sites (N-methyl/N-ethyl adjacent to an activating group) is 1. The van der Waals surface area contributed by atoms with Crippen molar-refractivity contribution in [1.82, 2.24) is 14.7 Å². The Balaban J connectivity index is 1.80. The third-order valence-corrected chi connectivity index (χ3v) is 5.00. The van der Waals surface area contributed by atoms with Crippen LogP contribution in [-0.2, 0) is 11.3 Å². The van der Waals surface area contributed by atoms with E-state index in [2.05, 4.69) is 12.0 Å². The van der Waals surface area contributed by atoms with Crippen molar-refractivity contribution >= 4 is 16.7 Å². The molecule has 2 unspecified atom stereocenters. The van der Waals surface area contributed by atoms with Gasteiger partial charge in [-0.05, 0) is 24.8 Å². The molecule has 0 bridgehead atoms. The van der Waals surface area contributed by atoms with Gasteiger partial charge in [0.25, 0.3) is 5.56 Å². The third-order valence-electron chi connectivity index (χ3n) is 5.00. The highest BCUT2D eigenvalue weighted by Gasteiger charge is 2.28. The molecule has 0 N–H and O–H groups in total. The predicted octanol–water partition coefficient (Wildman–Crippen LogP) is 2.43. The monoisotopic (exact) mass is 313 g/mol. The van der Waals surface area contributed by atoms with Crippen molar-refractivity contribution in [3.05, 3.63) is 40.8 Å². The lowest BCUT2D eigenvalue weighted by molar-refractivity contribution is -0.134. The van der Waals surface area contributed by atoms with Gasteiger partial charge in [0.05, 0.1) is 11.6 Å². The van der Waals surface area contributed by atoms with E-state index in [4.69, 9.17) is 0 Å². The number of carbonyl (C=O) groups excluding carboxylic acids is 1. The average molecular weight is 313 g/mol. The number of nitrogens with zero attached hydrogens (tertiary/aromatic N) is 3. The van der Waals surface area contributed by atoms with Crippen molar-refractivity contribution in [2.24, 2.45) is 5.92 Å². The maximum absolute atomic E-state index is 12.6. The van der Waals surface area contributed by atoms with E-state index >= 15 is 0 Å². The van der Waals surface area contributed by atoms with Crippen molar-refractivity contribution in [3.63, 3.8) is 0 Å². The van der Waals surface area contributed by atoms with Crippen molar-refractivity contribution in [2.75, 3.05) is 7.05 Å². The maximum Gasteiger partial charge on any atom is 0.275 e. The van der Waals surface area contributed by atoms with Crippen LogP contribution in [0.4, 0.5) is 0 Å². The Morgan fingerprint density at radius 2 is 2.04 bits per heavy atom. The number of amides is 1. The van der Waals surface area contributed by atoms with Gasteiger partial charge in [0.2, 0.25) is 5.91 Å². The molecule has 0 spiro atoms. The van der Waals surface area contributed by atoms with Crippen LogP contribution < -0.4 is 5.56 Å². The summed E-state index contributed by atoms with van der Waals surface area (Å²) in [6.45, 7) is 2.21. The third kappa shape index (κ3) is 3.14. The number of carbonyl (C=O) groups is 1. The van der Waals surface area contributed by atoms with E-state index in [1.54, 1.807) is 12.3 Å². The first kappa shape index (κ1) is 15.7. The van der Waals surface area contributed by atoms with E-state index < -0.39 is 0 Å². The first-order chi connectivity index (χ1) is 11.1. The summed E-state index contributed by atoms with van der Waals surface area (Å²) in [7, 11) is 1.85. The van der Waals surface area contributed by atoms with Crippen LogP contribution in [0.1, 0.15) is 32.6 Å². The van der Waals surface area contributed by atoms with Crippen LogP contribution in [0.5, 0.6) is 0 Å². The summed E-state index contributed by atoms with van der Waals surface area (Å²) < 4.78 is 1.27. The predicted molar refractivity (Wildman–Crippen MR) is 90.2 cm³/mol. The number of aromatic nitrogens is 2. The SMILES string of the molecule is CC1CCCCC1N(C)C(=O)Cn1ncc2ccccc2c1=O. The molecule has 122 valence electrons. The summed E-state index contributed by atoms with van der Waals surface area (Å²) in [5.41, 5.74) is -0.207. The van der Waals surface area contributed by atoms with Crippen molar-refractivity contribution in [2.45, 2.75) is 45.2 Å². The summed E-state index contributed by atoms with van der Waals surface area (Å²) in [5, 5.41) is 5.55. The molecule has 1 aromatic heterocycles. The van der Waals surface area contributed by atoms with E-state index in [1.807, 2.05) is 30.1 Å². The van der Waals surface area contributed by atoms with E-state index in [0.29, 0.717) is 11.3 Å². The van der Waals surface area contributed by atoms with Crippen LogP contribution in [0.2, 0.25) is 0 Å². The molecular formula is C18H23N3O2. The van der Waals surface area contributed by atoms with Gasteiger partial charge in [-0.25, -0.2) is 4.68 Å². The summed E-state index contributed by atoms with van der Waals surface area (Å²) in [6, 6.07) is 7.59. The quantitative estimate of drug-likeness (QED) is 0.874. The summed E-state index contributed by atoms with van der Waals surface area (Å²) in [4.78, 5) is 26.8. The molecule has 1 aliphatic rings. The fourth-order valence-corrected chi connectivity index (χ4v) is 3.54. The molecule has 23 heavy (non-hydrogen) atoms. The van der Waals surface area contributed by atoms with Crippen molar-refractivity contribution in [1.29, 1.82) is 0 Å². The second-order valence-corrected chi connectivity index (χ2v) is 6.53. The molecule has 1 saturated carbocycles. The first-order valence-electron chi connectivity index (χ1n) is 8.28. The van der Waals surface area contributed by atoms with Gasteiger partial charge in [-0.3, -0.25) is 9.59 Å². The second kappa shape index (κ2) is 6.52. The molecule has 1 heterocycles. The molecule has 5 nitrogen and oxygen atoms in total. The number of benzene rings is 1. The fourth-order valence-electron chi connectivity index (χ4n) is 3.54. The Bertz CT molecular complexity index is 768. The van der Waals surface area contributed by atoms with Gasteiger partial charge in [-0.15, -0.1) is 0 Å². The average Bonchev–Trinajstić information content (AvgIpc) is 2.57. The molecule has 1 aromatic carbocycles. The lowest BCUT2D eigenvalue weighted by Gasteiger charge is -2.36. The normalized spacial score (nSPS) is 21.3. The molecule has 3 rings (SSSR count). The fraction of sp³-hybridized carbons (Fsp3) is 0.500. The first-order valence-corrected chi connectivity index (χ1v) is 8.28. The van der Waals surface area contributed by atoms with Crippen LogP contribution in [-0.4, -0.2) is 33.7 Å². The second-order valence-electron chi connectivity index (χ2n) is 6.53. The Labute approximate surface area is 135 Å². The minimum atomic E-state index is -0.207. The zero-order valence-electron chi connectivity index (χ0n) is 13.7. The minimum Gasteiger partial charge on any atom is -0.341 e. The zero-order chi connectivity index (χ0) is 16.4. The molecule has 1 amide bonds. The molecule has 2 atom stereocenters. The summed E-state index contributed by atoms with van der Waals surface area (Å²) in [5.74, 6) is 0.465. The lowest BCUT2D eigenvalue weighted by Crippen LogP contribution is -2.45. The van der Waals surface area contributed by atoms with Crippen LogP contribution >= 0.6 is 0 Å². The highest BCUT2D eigenvalue weighted by molar-refractivity contribution is 5.81. The largest absolute Gasteiger partial charge is 0.341 e. The standard InChI is InChI=1S/C18H23N3O2/c1-13-7-3-6-10-16(13)20(2)17(22)12-21-18(23)15-9-5-4-8-14(15)11-19-21/h4-5,8-9,11,13,16H,3,6-7,10,12H2,1-2H3. The summed E-state index contributed by atoms with van der Waals surface area (Å²) in [6.07, 6.45) is 6.26. The molecule has 0 aliphatic heterocycles. The van der Waals surface area contributed by atoms with Gasteiger partial charge in [-0.1, -0.05) is 38.0 Å². The van der Waals surface area contributed by atoms with Crippen LogP contribution in [0, 0.1) is 5.92 Å². The van der Waals surface area contributed by atoms with Crippen LogP contribution in [0.25, 0.3) is 10.8 Å². The van der Waals surface area contributed by atoms with E-state index in [1.165, 1.54) is 17.5 Å². The molecule has 1 fully saturated rings. The van der Waals surface area contributed by atoms with E-state index in [0.717, 1.165) is 18.2 Å². The zero-order valence-corrected chi connectivity index (χ0v) is 13.7. The maximum atomic E-state index is 12.6. The molecule has 0 saturated heterocycles. The van der Waals surface area contributed by atoms with E-state index in [-0.39, 0.29) is 24.1 Å². The molecule has 5 heteroatoms. The highest BCUT2D eigenvalue weighted by atomic mass is 16.2. The number of rotatable bonds is 3. The topological polar surface area (TPSA) is 55.2 Å². The molecule has 1 aliphatic carbocycles. The molecular weight excluding hydrogens is 290 g/mol. The lowest BCUT2D eigenvalue weighted by atomic mass is 9.85. The van der Waals surface area contributed by atoms with Crippen molar-refractivity contribution < 1.29 is 4.79 Å². The Morgan fingerprint density at radius 3 is 2.83 bits per heavy atom. The summed E-state index contributed by atoms with van der Waals surface area (Å²) >= 11 is 0. The molecule has 2 aromatic rings. The Kier molecular flexibility index (Phi) is 4.46. The smallest absolute Gasteiger partial charge is 0.275 e. The number of hydrogen-bond acceptors (Lipinski definition) is 3. The van der Waals surface area contributed by atoms with Gasteiger partial charge in [0, 0.05) is 18.5 Å². The van der Waals surface area contributed by atoms with Crippen molar-refractivity contribution in [3.8, 4) is 0 Å². The van der Waals surface area contributed by atoms with Crippen LogP contribution in [0.3, 0.4) is 0 Å². The number of hydrogen-bond donors (Lipinski definition) is 0. The van der Waals surface area contributed by atoms with Gasteiger partial charge in [0.15, 0.2) is 0 Å². The highest BCUT2D eigenvalue weighted by Crippen LogP contribution is 2.27. The Hall–Kier alpha value is -2.17.